The molecule has 0 bridgehead atoms. The van der Waals surface area contributed by atoms with Crippen LogP contribution in [0.25, 0.3) is 10.8 Å². The van der Waals surface area contributed by atoms with E-state index in [-0.39, 0.29) is 0 Å². The Morgan fingerprint density at radius 2 is 2.06 bits per heavy atom. The molecule has 4 nitrogen and oxygen atoms in total. The summed E-state index contributed by atoms with van der Waals surface area (Å²) in [6.07, 6.45) is 1.62. The van der Waals surface area contributed by atoms with Crippen molar-refractivity contribution in [2.45, 2.75) is 0 Å². The highest BCUT2D eigenvalue weighted by atomic mass is 79.9. The molecular formula is C13H13BrN2O2. The Morgan fingerprint density at radius 1 is 1.33 bits per heavy atom. The van der Waals surface area contributed by atoms with Gasteiger partial charge in [-0.3, -0.25) is 0 Å². The van der Waals surface area contributed by atoms with Crippen LogP contribution in [0.2, 0.25) is 0 Å². The number of ether oxygens (including phenoxy) is 1. The normalized spacial score (nSPS) is 10.4. The number of carbonyl (C=O) groups is 1. The van der Waals surface area contributed by atoms with Crippen LogP contribution in [-0.4, -0.2) is 32.2 Å². The van der Waals surface area contributed by atoms with Crippen molar-refractivity contribution >= 4 is 38.4 Å². The standard InChI is InChI=1S/C13H13BrN2O2/c1-16(2)8-4-5-9-10(6-8)12(13(17)18-3)15-7-11(9)14/h4-7H,1-3H3. The number of esters is 1. The second kappa shape index (κ2) is 4.94. The summed E-state index contributed by atoms with van der Waals surface area (Å²) >= 11 is 3.44. The lowest BCUT2D eigenvalue weighted by atomic mass is 10.1. The Labute approximate surface area is 114 Å². The number of hydrogen-bond acceptors (Lipinski definition) is 4. The highest BCUT2D eigenvalue weighted by Crippen LogP contribution is 2.29. The highest BCUT2D eigenvalue weighted by molar-refractivity contribution is 9.10. The third-order valence-corrected chi connectivity index (χ3v) is 3.35. The predicted molar refractivity (Wildman–Crippen MR) is 75.1 cm³/mol. The van der Waals surface area contributed by atoms with Crippen molar-refractivity contribution in [1.82, 2.24) is 4.98 Å². The molecule has 0 N–H and O–H groups in total. The van der Waals surface area contributed by atoms with Crippen molar-refractivity contribution < 1.29 is 9.53 Å². The van der Waals surface area contributed by atoms with E-state index in [2.05, 4.69) is 20.9 Å². The first-order chi connectivity index (χ1) is 8.54. The maximum Gasteiger partial charge on any atom is 0.357 e. The zero-order chi connectivity index (χ0) is 13.3. The third-order valence-electron chi connectivity index (χ3n) is 2.72. The lowest BCUT2D eigenvalue weighted by Crippen LogP contribution is -2.09. The lowest BCUT2D eigenvalue weighted by Gasteiger charge is -2.14. The second-order valence-electron chi connectivity index (χ2n) is 4.07. The van der Waals surface area contributed by atoms with Crippen LogP contribution in [0, 0.1) is 0 Å². The number of anilines is 1. The van der Waals surface area contributed by atoms with Gasteiger partial charge in [-0.25, -0.2) is 9.78 Å². The van der Waals surface area contributed by atoms with Crippen molar-refractivity contribution in [2.24, 2.45) is 0 Å². The molecule has 0 fully saturated rings. The van der Waals surface area contributed by atoms with Crippen molar-refractivity contribution in [3.05, 3.63) is 34.6 Å². The second-order valence-corrected chi connectivity index (χ2v) is 4.92. The molecule has 18 heavy (non-hydrogen) atoms. The van der Waals surface area contributed by atoms with Crippen LogP contribution in [0.1, 0.15) is 10.5 Å². The minimum Gasteiger partial charge on any atom is -0.464 e. The molecule has 0 unspecified atom stereocenters. The molecule has 5 heteroatoms. The summed E-state index contributed by atoms with van der Waals surface area (Å²) in [5.41, 5.74) is 1.34. The van der Waals surface area contributed by atoms with Gasteiger partial charge in [-0.15, -0.1) is 0 Å². The SMILES string of the molecule is COC(=O)c1ncc(Br)c2ccc(N(C)C)cc12. The van der Waals surface area contributed by atoms with Gasteiger partial charge >= 0.3 is 5.97 Å². The fraction of sp³-hybridized carbons (Fsp3) is 0.231. The lowest BCUT2D eigenvalue weighted by molar-refractivity contribution is 0.0596. The van der Waals surface area contributed by atoms with Crippen molar-refractivity contribution in [1.29, 1.82) is 0 Å². The van der Waals surface area contributed by atoms with Gasteiger partial charge in [-0.05, 0) is 28.1 Å². The summed E-state index contributed by atoms with van der Waals surface area (Å²) in [4.78, 5) is 17.8. The molecule has 0 aliphatic rings. The average molecular weight is 309 g/mol. The maximum absolute atomic E-state index is 11.7. The fourth-order valence-electron chi connectivity index (χ4n) is 1.73. The summed E-state index contributed by atoms with van der Waals surface area (Å²) in [7, 11) is 5.25. The third kappa shape index (κ3) is 2.18. The number of carbonyl (C=O) groups excluding carboxylic acids is 1. The number of hydrogen-bond donors (Lipinski definition) is 0. The summed E-state index contributed by atoms with van der Waals surface area (Å²) < 4.78 is 5.61. The number of aromatic nitrogens is 1. The molecule has 0 atom stereocenters. The topological polar surface area (TPSA) is 42.4 Å². The van der Waals surface area contributed by atoms with Crippen molar-refractivity contribution in [3.8, 4) is 0 Å². The summed E-state index contributed by atoms with van der Waals surface area (Å²) in [6, 6.07) is 5.89. The Hall–Kier alpha value is -1.62. The molecular weight excluding hydrogens is 296 g/mol. The molecule has 0 amide bonds. The fourth-order valence-corrected chi connectivity index (χ4v) is 2.18. The number of rotatable bonds is 2. The molecule has 0 aliphatic carbocycles. The molecule has 2 rings (SSSR count). The van der Waals surface area contributed by atoms with E-state index in [0.717, 1.165) is 20.9 Å². The summed E-state index contributed by atoms with van der Waals surface area (Å²) in [5, 5.41) is 1.72. The molecule has 1 heterocycles. The highest BCUT2D eigenvalue weighted by Gasteiger charge is 2.14. The average Bonchev–Trinajstić information content (AvgIpc) is 2.38. The van der Waals surface area contributed by atoms with Crippen LogP contribution < -0.4 is 4.90 Å². The van der Waals surface area contributed by atoms with Crippen LogP contribution in [0.15, 0.2) is 28.9 Å². The zero-order valence-electron chi connectivity index (χ0n) is 10.4. The number of halogens is 1. The maximum atomic E-state index is 11.7. The van der Waals surface area contributed by atoms with E-state index in [1.54, 1.807) is 6.20 Å². The number of nitrogens with zero attached hydrogens (tertiary/aromatic N) is 2. The van der Waals surface area contributed by atoms with Gasteiger partial charge in [0.1, 0.15) is 0 Å². The molecule has 1 aromatic carbocycles. The van der Waals surface area contributed by atoms with Crippen LogP contribution in [0.5, 0.6) is 0 Å². The molecule has 0 saturated heterocycles. The number of pyridine rings is 1. The van der Waals surface area contributed by atoms with Gasteiger partial charge in [0.05, 0.1) is 7.11 Å². The number of benzene rings is 1. The molecule has 0 saturated carbocycles. The number of fused-ring (bicyclic) bond motifs is 1. The van der Waals surface area contributed by atoms with Gasteiger partial charge in [0.2, 0.25) is 0 Å². The molecule has 0 aliphatic heterocycles. The van der Waals surface area contributed by atoms with Crippen molar-refractivity contribution in [2.75, 3.05) is 26.1 Å². The van der Waals surface area contributed by atoms with Crippen LogP contribution >= 0.6 is 15.9 Å². The first kappa shape index (κ1) is 12.8. The minimum absolute atomic E-state index is 0.333. The van der Waals surface area contributed by atoms with E-state index in [1.807, 2.05) is 37.2 Å². The first-order valence-corrected chi connectivity index (χ1v) is 6.18. The Kier molecular flexibility index (Phi) is 3.52. The van der Waals surface area contributed by atoms with E-state index < -0.39 is 5.97 Å². The van der Waals surface area contributed by atoms with E-state index in [0.29, 0.717) is 5.69 Å². The Bertz CT molecular complexity index is 611. The van der Waals surface area contributed by atoms with E-state index in [1.165, 1.54) is 7.11 Å². The summed E-state index contributed by atoms with van der Waals surface area (Å²) in [5.74, 6) is -0.427. The predicted octanol–water partition coefficient (Wildman–Crippen LogP) is 2.85. The van der Waals surface area contributed by atoms with Crippen molar-refractivity contribution in [3.63, 3.8) is 0 Å². The molecule has 94 valence electrons. The van der Waals surface area contributed by atoms with E-state index in [4.69, 9.17) is 4.74 Å². The monoisotopic (exact) mass is 308 g/mol. The molecule has 1 aromatic heterocycles. The van der Waals surface area contributed by atoms with Gasteiger partial charge in [-0.1, -0.05) is 6.07 Å². The van der Waals surface area contributed by atoms with Gasteiger partial charge < -0.3 is 9.64 Å². The molecule has 0 spiro atoms. The van der Waals surface area contributed by atoms with Crippen LogP contribution in [0.3, 0.4) is 0 Å². The zero-order valence-corrected chi connectivity index (χ0v) is 12.0. The van der Waals surface area contributed by atoms with Crippen LogP contribution in [0.4, 0.5) is 5.69 Å². The van der Waals surface area contributed by atoms with Gasteiger partial charge in [0.25, 0.3) is 0 Å². The summed E-state index contributed by atoms with van der Waals surface area (Å²) in [6.45, 7) is 0. The van der Waals surface area contributed by atoms with Gasteiger partial charge in [-0.2, -0.15) is 0 Å². The Balaban J connectivity index is 2.75. The molecule has 0 radical (unpaired) electrons. The smallest absolute Gasteiger partial charge is 0.357 e. The van der Waals surface area contributed by atoms with E-state index >= 15 is 0 Å². The largest absolute Gasteiger partial charge is 0.464 e. The minimum atomic E-state index is -0.427. The van der Waals surface area contributed by atoms with E-state index in [9.17, 15) is 4.79 Å². The van der Waals surface area contributed by atoms with Gasteiger partial charge in [0, 0.05) is 41.2 Å². The van der Waals surface area contributed by atoms with Crippen LogP contribution in [-0.2, 0) is 4.74 Å². The molecule has 2 aromatic rings. The quantitative estimate of drug-likeness (QED) is 0.800. The Morgan fingerprint density at radius 3 is 2.67 bits per heavy atom. The first-order valence-electron chi connectivity index (χ1n) is 5.38. The number of methoxy groups -OCH3 is 1. The van der Waals surface area contributed by atoms with Gasteiger partial charge in [0.15, 0.2) is 5.69 Å².